The first-order valence-electron chi connectivity index (χ1n) is 4.77. The van der Waals surface area contributed by atoms with Crippen LogP contribution < -0.4 is 0 Å². The first-order valence-corrected chi connectivity index (χ1v) is 4.77. The fraction of sp³-hybridized carbons (Fsp3) is 0.545. The Hall–Kier alpha value is -1.23. The number of hydrogen-bond acceptors (Lipinski definition) is 1. The molecule has 1 aromatic rings. The number of aromatic amines is 1. The molecule has 0 saturated carbocycles. The molecule has 0 saturated heterocycles. The quantitative estimate of drug-likeness (QED) is 0.612. The summed E-state index contributed by atoms with van der Waals surface area (Å²) in [5, 5.41) is 0. The zero-order valence-corrected chi connectivity index (χ0v) is 9.52. The Kier molecular flexibility index (Phi) is 11.8. The molecule has 1 aromatic heterocycles. The van der Waals surface area contributed by atoms with Crippen molar-refractivity contribution in [1.29, 1.82) is 0 Å². The van der Waals surface area contributed by atoms with Crippen LogP contribution in [0.5, 0.6) is 0 Å². The van der Waals surface area contributed by atoms with Gasteiger partial charge in [0.25, 0.3) is 0 Å². The van der Waals surface area contributed by atoms with Crippen molar-refractivity contribution >= 4 is 0 Å². The first kappa shape index (κ1) is 14.3. The molecule has 0 aliphatic heterocycles. The summed E-state index contributed by atoms with van der Waals surface area (Å²) in [6.07, 6.45) is 1.73. The van der Waals surface area contributed by atoms with Crippen LogP contribution in [-0.2, 0) is 0 Å². The molecule has 1 rings (SSSR count). The van der Waals surface area contributed by atoms with E-state index in [1.165, 1.54) is 0 Å². The highest BCUT2D eigenvalue weighted by molar-refractivity contribution is 5.24. The number of rotatable bonds is 0. The van der Waals surface area contributed by atoms with Crippen molar-refractivity contribution in [2.24, 2.45) is 0 Å². The van der Waals surface area contributed by atoms with Crippen LogP contribution in [0.2, 0.25) is 0 Å². The van der Waals surface area contributed by atoms with Gasteiger partial charge in [-0.1, -0.05) is 33.6 Å². The van der Waals surface area contributed by atoms with Gasteiger partial charge in [0.1, 0.15) is 11.5 Å². The molecule has 2 heteroatoms. The van der Waals surface area contributed by atoms with E-state index in [9.17, 15) is 0 Å². The third kappa shape index (κ3) is 7.14. The summed E-state index contributed by atoms with van der Waals surface area (Å²) >= 11 is 0. The zero-order valence-electron chi connectivity index (χ0n) is 9.52. The normalized spacial score (nSPS) is 6.62. The summed E-state index contributed by atoms with van der Waals surface area (Å²) in [7, 11) is 0. The molecule has 0 spiro atoms. The van der Waals surface area contributed by atoms with Crippen molar-refractivity contribution in [2.75, 3.05) is 0 Å². The van der Waals surface area contributed by atoms with Crippen LogP contribution in [0.25, 0.3) is 0 Å². The second-order valence-electron chi connectivity index (χ2n) is 1.76. The molecule has 0 aliphatic rings. The largest absolute Gasteiger partial charge is 0.336 e. The Labute approximate surface area is 83.3 Å². The smallest absolute Gasteiger partial charge is 0.109 e. The molecular weight excluding hydrogens is 160 g/mol. The lowest BCUT2D eigenvalue weighted by Gasteiger charge is -1.75. The summed E-state index contributed by atoms with van der Waals surface area (Å²) in [6, 6.07) is 0. The number of nitrogens with one attached hydrogen (secondary N) is 1. The van der Waals surface area contributed by atoms with Crippen LogP contribution >= 0.6 is 0 Å². The second-order valence-corrected chi connectivity index (χ2v) is 1.76. The zero-order chi connectivity index (χ0) is 10.7. The van der Waals surface area contributed by atoms with Crippen molar-refractivity contribution in [1.82, 2.24) is 9.97 Å². The number of imidazole rings is 1. The number of aromatic nitrogens is 2. The van der Waals surface area contributed by atoms with E-state index in [2.05, 4.69) is 21.8 Å². The van der Waals surface area contributed by atoms with E-state index in [1.54, 1.807) is 13.1 Å². The fourth-order valence-electron chi connectivity index (χ4n) is 0.619. The maximum atomic E-state index is 3.98. The standard InChI is InChI=1S/C7H8N2.2C2H6.H2/c1-3-4-7-5-8-6(2)9-7;2*1-2;/h5H,1-2H3,(H,8,9);2*1-2H3;1H. The average Bonchev–Trinajstić information content (AvgIpc) is 2.59. The van der Waals surface area contributed by atoms with Crippen LogP contribution in [0.1, 0.15) is 47.6 Å². The van der Waals surface area contributed by atoms with Gasteiger partial charge in [0, 0.05) is 1.43 Å². The maximum Gasteiger partial charge on any atom is 0.109 e. The molecule has 1 N–H and O–H groups in total. The fourth-order valence-corrected chi connectivity index (χ4v) is 0.619. The highest BCUT2D eigenvalue weighted by Gasteiger charge is 1.87. The summed E-state index contributed by atoms with van der Waals surface area (Å²) in [5.41, 5.74) is 0.884. The molecule has 76 valence electrons. The molecule has 0 bridgehead atoms. The maximum absolute atomic E-state index is 3.98. The molecule has 0 amide bonds. The molecule has 0 atom stereocenters. The lowest BCUT2D eigenvalue weighted by molar-refractivity contribution is 1.14. The van der Waals surface area contributed by atoms with Crippen molar-refractivity contribution in [3.05, 3.63) is 17.7 Å². The van der Waals surface area contributed by atoms with E-state index in [0.717, 1.165) is 11.5 Å². The van der Waals surface area contributed by atoms with E-state index < -0.39 is 0 Å². The van der Waals surface area contributed by atoms with Crippen LogP contribution in [0.15, 0.2) is 6.20 Å². The van der Waals surface area contributed by atoms with Crippen molar-refractivity contribution in [3.8, 4) is 11.8 Å². The minimum absolute atomic E-state index is 0. The highest BCUT2D eigenvalue weighted by Crippen LogP contribution is 1.91. The minimum atomic E-state index is 0. The van der Waals surface area contributed by atoms with Crippen molar-refractivity contribution in [3.63, 3.8) is 0 Å². The SMILES string of the molecule is CC.CC.CC#Cc1cnc(C)[nH]1.[HH]. The summed E-state index contributed by atoms with van der Waals surface area (Å²) in [5.74, 6) is 6.55. The van der Waals surface area contributed by atoms with Gasteiger partial charge in [-0.25, -0.2) is 4.98 Å². The van der Waals surface area contributed by atoms with Crippen molar-refractivity contribution < 1.29 is 1.43 Å². The number of nitrogens with zero attached hydrogens (tertiary/aromatic N) is 1. The monoisotopic (exact) mass is 182 g/mol. The molecule has 2 nitrogen and oxygen atoms in total. The summed E-state index contributed by atoms with van der Waals surface area (Å²) in [4.78, 5) is 6.97. The average molecular weight is 182 g/mol. The van der Waals surface area contributed by atoms with E-state index >= 15 is 0 Å². The van der Waals surface area contributed by atoms with Gasteiger partial charge < -0.3 is 4.98 Å². The Bertz CT molecular complexity index is 256. The van der Waals surface area contributed by atoms with Crippen LogP contribution in [0, 0.1) is 18.8 Å². The lowest BCUT2D eigenvalue weighted by atomic mass is 10.5. The van der Waals surface area contributed by atoms with Gasteiger partial charge in [0.2, 0.25) is 0 Å². The lowest BCUT2D eigenvalue weighted by Crippen LogP contribution is -1.72. The Morgan fingerprint density at radius 2 is 1.85 bits per heavy atom. The van der Waals surface area contributed by atoms with Crippen LogP contribution in [0.3, 0.4) is 0 Å². The highest BCUT2D eigenvalue weighted by atomic mass is 14.9. The molecule has 13 heavy (non-hydrogen) atoms. The van der Waals surface area contributed by atoms with Crippen LogP contribution in [0.4, 0.5) is 0 Å². The number of hydrogen-bond donors (Lipinski definition) is 1. The summed E-state index contributed by atoms with van der Waals surface area (Å²) in [6.45, 7) is 11.7. The predicted octanol–water partition coefficient (Wildman–Crippen LogP) is 3.39. The third-order valence-electron chi connectivity index (χ3n) is 0.963. The topological polar surface area (TPSA) is 28.7 Å². The first-order chi connectivity index (χ1) is 6.33. The molecule has 0 fully saturated rings. The van der Waals surface area contributed by atoms with Gasteiger partial charge in [-0.2, -0.15) is 0 Å². The predicted molar refractivity (Wildman–Crippen MR) is 60.7 cm³/mol. The van der Waals surface area contributed by atoms with E-state index in [0.29, 0.717) is 0 Å². The number of H-pyrrole nitrogens is 1. The van der Waals surface area contributed by atoms with Crippen LogP contribution in [-0.4, -0.2) is 9.97 Å². The molecule has 1 heterocycles. The molecular formula is C11H22N2. The Morgan fingerprint density at radius 3 is 2.15 bits per heavy atom. The van der Waals surface area contributed by atoms with Gasteiger partial charge in [0.15, 0.2) is 0 Å². The van der Waals surface area contributed by atoms with Gasteiger partial charge in [0.05, 0.1) is 6.20 Å². The van der Waals surface area contributed by atoms with E-state index in [4.69, 9.17) is 0 Å². The van der Waals surface area contributed by atoms with Gasteiger partial charge in [-0.05, 0) is 19.8 Å². The van der Waals surface area contributed by atoms with Gasteiger partial charge in [-0.15, -0.1) is 0 Å². The Balaban J connectivity index is -0.000000216. The molecule has 0 radical (unpaired) electrons. The number of aryl methyl sites for hydroxylation is 1. The van der Waals surface area contributed by atoms with Gasteiger partial charge >= 0.3 is 0 Å². The second kappa shape index (κ2) is 10.8. The third-order valence-corrected chi connectivity index (χ3v) is 0.963. The summed E-state index contributed by atoms with van der Waals surface area (Å²) < 4.78 is 0. The molecule has 0 unspecified atom stereocenters. The molecule has 0 aromatic carbocycles. The van der Waals surface area contributed by atoms with E-state index in [1.807, 2.05) is 34.6 Å². The molecule has 0 aliphatic carbocycles. The Morgan fingerprint density at radius 1 is 1.31 bits per heavy atom. The minimum Gasteiger partial charge on any atom is -0.336 e. The van der Waals surface area contributed by atoms with Crippen molar-refractivity contribution in [2.45, 2.75) is 41.5 Å². The van der Waals surface area contributed by atoms with Gasteiger partial charge in [-0.3, -0.25) is 0 Å². The van der Waals surface area contributed by atoms with E-state index in [-0.39, 0.29) is 1.43 Å².